The van der Waals surface area contributed by atoms with E-state index in [4.69, 9.17) is 17.2 Å². The molecule has 0 radical (unpaired) electrons. The Morgan fingerprint density at radius 1 is 0.776 bits per heavy atom. The van der Waals surface area contributed by atoms with Gasteiger partial charge in [-0.25, -0.2) is 0 Å². The Hall–Kier alpha value is -6.80. The number of likely N-dealkylation sites (tertiary alicyclic amines) is 1. The van der Waals surface area contributed by atoms with Crippen molar-refractivity contribution in [3.05, 3.63) is 38.4 Å². The number of anilines is 1. The minimum atomic E-state index is -1.22. The number of primary amides is 1. The van der Waals surface area contributed by atoms with Crippen LogP contribution in [0.15, 0.2) is 23.2 Å². The molecule has 8 amide bonds. The number of non-ortho nitro benzene ring substituents is 1. The van der Waals surface area contributed by atoms with Gasteiger partial charge in [0.25, 0.3) is 11.4 Å². The first kappa shape index (κ1) is 56.3. The van der Waals surface area contributed by atoms with E-state index in [1.165, 1.54) is 16.7 Å². The maximum absolute atomic E-state index is 13.7. The second kappa shape index (κ2) is 28.3. The van der Waals surface area contributed by atoms with Crippen LogP contribution in [-0.2, 0) is 38.4 Å². The number of guanidine groups is 1. The van der Waals surface area contributed by atoms with E-state index in [9.17, 15) is 58.6 Å². The van der Waals surface area contributed by atoms with Crippen LogP contribution in [0, 0.1) is 32.1 Å². The minimum absolute atomic E-state index is 0.0199. The summed E-state index contributed by atoms with van der Waals surface area (Å²) in [5, 5.41) is 40.6. The highest BCUT2D eigenvalue weighted by atomic mass is 32.2. The van der Waals surface area contributed by atoms with E-state index in [0.717, 1.165) is 18.2 Å². The fourth-order valence-corrected chi connectivity index (χ4v) is 7.33. The summed E-state index contributed by atoms with van der Waals surface area (Å²) in [5.74, 6) is -5.53. The summed E-state index contributed by atoms with van der Waals surface area (Å²) in [5.41, 5.74) is 15.0. The van der Waals surface area contributed by atoms with E-state index < -0.39 is 118 Å². The fraction of sp³-hybridized carbons (Fsp3) is 0.625. The number of thioether (sulfide) groups is 1. The Morgan fingerprint density at radius 3 is 1.91 bits per heavy atom. The highest BCUT2D eigenvalue weighted by Crippen LogP contribution is 2.29. The first-order chi connectivity index (χ1) is 31.5. The average Bonchev–Trinajstić information content (AvgIpc) is 3.76. The predicted molar refractivity (Wildman–Crippen MR) is 248 cm³/mol. The molecule has 1 saturated heterocycles. The number of hydrogen-bond acceptors (Lipinski definition) is 15. The Labute approximate surface area is 391 Å². The van der Waals surface area contributed by atoms with Gasteiger partial charge in [-0.05, 0) is 74.9 Å². The lowest BCUT2D eigenvalue weighted by Crippen LogP contribution is -2.57. The number of nitro groups is 2. The Balaban J connectivity index is 2.11. The maximum Gasteiger partial charge on any atom is 0.299 e. The number of nitrogens with one attached hydrogen (secondary N) is 7. The smallest absolute Gasteiger partial charge is 0.299 e. The molecule has 5 atom stereocenters. The third kappa shape index (κ3) is 20.1. The van der Waals surface area contributed by atoms with Gasteiger partial charge < -0.3 is 59.3 Å². The lowest BCUT2D eigenvalue weighted by Gasteiger charge is -2.27. The number of aliphatic imine (C=N–C) groups is 1. The topological polar surface area (TPSA) is 401 Å². The van der Waals surface area contributed by atoms with Crippen LogP contribution in [0.1, 0.15) is 72.6 Å². The van der Waals surface area contributed by atoms with Gasteiger partial charge in [-0.1, -0.05) is 27.7 Å². The van der Waals surface area contributed by atoms with E-state index in [-0.39, 0.29) is 75.1 Å². The molecule has 0 saturated carbocycles. The summed E-state index contributed by atoms with van der Waals surface area (Å²) in [6.45, 7) is 5.94. The third-order valence-corrected chi connectivity index (χ3v) is 10.8. The van der Waals surface area contributed by atoms with Gasteiger partial charge in [0, 0.05) is 19.2 Å². The van der Waals surface area contributed by atoms with Crippen molar-refractivity contribution in [2.45, 2.75) is 103 Å². The second-order valence-electron chi connectivity index (χ2n) is 16.5. The summed E-state index contributed by atoms with van der Waals surface area (Å²) in [6, 6.07) is -2.60. The van der Waals surface area contributed by atoms with E-state index in [2.05, 4.69) is 42.2 Å². The van der Waals surface area contributed by atoms with Crippen LogP contribution in [0.2, 0.25) is 0 Å². The van der Waals surface area contributed by atoms with Gasteiger partial charge in [0.1, 0.15) is 35.9 Å². The number of nitrogens with two attached hydrogens (primary N) is 3. The van der Waals surface area contributed by atoms with Crippen LogP contribution in [-0.4, -0.2) is 143 Å². The zero-order valence-corrected chi connectivity index (χ0v) is 39.1. The number of carbonyl (C=O) groups is 8. The number of rotatable bonds is 29. The molecule has 0 aliphatic carbocycles. The molecule has 27 heteroatoms. The van der Waals surface area contributed by atoms with Crippen molar-refractivity contribution in [3.8, 4) is 0 Å². The molecule has 372 valence electrons. The molecular weight excluding hydrogens is 901 g/mol. The molecule has 1 aliphatic heterocycles. The Bertz CT molecular complexity index is 1980. The number of amides is 8. The van der Waals surface area contributed by atoms with Crippen molar-refractivity contribution in [1.82, 2.24) is 36.8 Å². The van der Waals surface area contributed by atoms with Gasteiger partial charge in [0.2, 0.25) is 47.3 Å². The molecule has 1 heterocycles. The van der Waals surface area contributed by atoms with Crippen LogP contribution < -0.4 is 54.4 Å². The van der Waals surface area contributed by atoms with Crippen molar-refractivity contribution in [3.63, 3.8) is 0 Å². The van der Waals surface area contributed by atoms with Crippen LogP contribution in [0.4, 0.5) is 17.1 Å². The summed E-state index contributed by atoms with van der Waals surface area (Å²) >= 11 is 1.38. The normalized spacial score (nSPS) is 15.0. The van der Waals surface area contributed by atoms with Crippen LogP contribution in [0.25, 0.3) is 0 Å². The molecule has 0 spiro atoms. The zero-order chi connectivity index (χ0) is 50.4. The zero-order valence-electron chi connectivity index (χ0n) is 38.3. The Kier molecular flexibility index (Phi) is 23.8. The van der Waals surface area contributed by atoms with Crippen molar-refractivity contribution >= 4 is 82.0 Å². The number of nitro benzene ring substituents is 2. The lowest BCUT2D eigenvalue weighted by atomic mass is 10.0. The van der Waals surface area contributed by atoms with E-state index in [1.807, 2.05) is 13.8 Å². The van der Waals surface area contributed by atoms with Crippen molar-refractivity contribution in [1.29, 1.82) is 0 Å². The second-order valence-corrected chi connectivity index (χ2v) is 17.5. The molecule has 1 aromatic rings. The number of nitrogens with zero attached hydrogens (tertiary/aromatic N) is 4. The molecule has 0 aromatic heterocycles. The molecule has 13 N–H and O–H groups in total. The molecule has 1 fully saturated rings. The summed E-state index contributed by atoms with van der Waals surface area (Å²) in [7, 11) is 0. The molecule has 67 heavy (non-hydrogen) atoms. The lowest BCUT2D eigenvalue weighted by molar-refractivity contribution is -0.393. The molecule has 2 rings (SSSR count). The predicted octanol–water partition coefficient (Wildman–Crippen LogP) is -1.54. The van der Waals surface area contributed by atoms with E-state index >= 15 is 0 Å². The van der Waals surface area contributed by atoms with Gasteiger partial charge in [-0.3, -0.25) is 63.6 Å². The monoisotopic (exact) mass is 964 g/mol. The highest BCUT2D eigenvalue weighted by Gasteiger charge is 2.36. The summed E-state index contributed by atoms with van der Waals surface area (Å²) < 4.78 is 0. The van der Waals surface area contributed by atoms with Crippen molar-refractivity contribution < 1.29 is 48.2 Å². The van der Waals surface area contributed by atoms with Crippen LogP contribution in [0.3, 0.4) is 0 Å². The summed E-state index contributed by atoms with van der Waals surface area (Å²) in [4.78, 5) is 131. The molecule has 26 nitrogen and oxygen atoms in total. The van der Waals surface area contributed by atoms with E-state index in [1.54, 1.807) is 20.1 Å². The van der Waals surface area contributed by atoms with Crippen LogP contribution in [0.5, 0.6) is 0 Å². The van der Waals surface area contributed by atoms with Gasteiger partial charge in [0.05, 0.1) is 35.5 Å². The number of benzene rings is 1. The first-order valence-corrected chi connectivity index (χ1v) is 23.0. The SMILES string of the molecule is CSCC[C@H](NC(=O)CNC(=O)[C@H](CC(C)C)NC(=O)[C@@H]1CCCN1C(=O)CNc1ccc([N+](=O)[O-])cc1[N+](=O)[O-])C(=O)N[C@@H](CCCN=C(N)N)C(=O)NCC(=O)N[C@@H](CC(C)C)C(N)=O. The first-order valence-electron chi connectivity index (χ1n) is 21.6. The largest absolute Gasteiger partial charge is 0.371 e. The molecule has 1 aliphatic rings. The highest BCUT2D eigenvalue weighted by molar-refractivity contribution is 7.98. The number of carbonyl (C=O) groups excluding carboxylic acids is 8. The fourth-order valence-electron chi connectivity index (χ4n) is 6.85. The quantitative estimate of drug-likeness (QED) is 0.0143. The molecule has 0 bridgehead atoms. The molecular formula is C40H64N14O12S. The van der Waals surface area contributed by atoms with Gasteiger partial charge >= 0.3 is 0 Å². The van der Waals surface area contributed by atoms with Crippen LogP contribution >= 0.6 is 11.8 Å². The van der Waals surface area contributed by atoms with Gasteiger partial charge in [-0.2, -0.15) is 11.8 Å². The van der Waals surface area contributed by atoms with Gasteiger partial charge in [-0.15, -0.1) is 0 Å². The van der Waals surface area contributed by atoms with Gasteiger partial charge in [0.15, 0.2) is 5.96 Å². The third-order valence-electron chi connectivity index (χ3n) is 10.1. The minimum Gasteiger partial charge on any atom is -0.371 e. The van der Waals surface area contributed by atoms with E-state index in [0.29, 0.717) is 12.2 Å². The Morgan fingerprint density at radius 2 is 1.36 bits per heavy atom. The summed E-state index contributed by atoms with van der Waals surface area (Å²) in [6.07, 6.45) is 3.24. The van der Waals surface area contributed by atoms with Crippen molar-refractivity contribution in [2.24, 2.45) is 34.0 Å². The number of hydrogen-bond donors (Lipinski definition) is 10. The van der Waals surface area contributed by atoms with Crippen molar-refractivity contribution in [2.75, 3.05) is 50.0 Å². The standard InChI is InChI=1S/C40H64N14O12S/c1-22(2)16-28(35(41)58)49-33(56)20-46-36(59)26(8-6-13-44-40(42)43)50-38(61)27(12-15-67-5)48-32(55)19-47-37(60)29(17-23(3)4)51-39(62)30-9-7-14-52(30)34(57)21-45-25-11-10-24(53(63)64)18-31(25)54(65)66/h10-11,18,22-23,26-30,45H,6-9,12-17,19-21H2,1-5H3,(H2,41,58)(H,46,59)(H,47,60)(H,48,55)(H,49,56)(H,50,61)(H,51,62)(H4,42,43,44)/t26-,27-,28-,29-,30-/m0/s1. The molecule has 1 aromatic carbocycles. The molecule has 0 unspecified atom stereocenters. The average molecular weight is 965 g/mol. The maximum atomic E-state index is 13.7.